The van der Waals surface area contributed by atoms with Crippen molar-refractivity contribution in [2.75, 3.05) is 13.1 Å². The summed E-state index contributed by atoms with van der Waals surface area (Å²) in [4.78, 5) is 36.6. The summed E-state index contributed by atoms with van der Waals surface area (Å²) in [5, 5.41) is 12.5. The molecule has 1 unspecified atom stereocenters. The number of carbonyl (C=O) groups is 3. The van der Waals surface area contributed by atoms with E-state index in [1.807, 2.05) is 19.1 Å². The zero-order valence-corrected chi connectivity index (χ0v) is 14.5. The van der Waals surface area contributed by atoms with Gasteiger partial charge in [-0.1, -0.05) is 13.0 Å². The van der Waals surface area contributed by atoms with Gasteiger partial charge in [-0.3, -0.25) is 9.59 Å². The molecular weight excluding hydrogens is 324 g/mol. The van der Waals surface area contributed by atoms with Crippen molar-refractivity contribution in [1.29, 1.82) is 0 Å². The third kappa shape index (κ3) is 4.17. The summed E-state index contributed by atoms with van der Waals surface area (Å²) in [5.74, 6) is -1.79. The Kier molecular flexibility index (Phi) is 5.80. The van der Waals surface area contributed by atoms with Crippen LogP contribution in [0.4, 0.5) is 0 Å². The first-order chi connectivity index (χ1) is 11.8. The number of rotatable bonds is 7. The molecule has 7 heteroatoms. The second kappa shape index (κ2) is 7.83. The molecule has 134 valence electrons. The van der Waals surface area contributed by atoms with Crippen LogP contribution in [0.25, 0.3) is 11.0 Å². The van der Waals surface area contributed by atoms with Gasteiger partial charge in [-0.15, -0.1) is 0 Å². The number of carboxylic acid groups (broad SMARTS) is 1. The van der Waals surface area contributed by atoms with Crippen LogP contribution < -0.4 is 5.32 Å². The molecule has 25 heavy (non-hydrogen) atoms. The van der Waals surface area contributed by atoms with Gasteiger partial charge in [-0.25, -0.2) is 4.79 Å². The van der Waals surface area contributed by atoms with Gasteiger partial charge >= 0.3 is 5.97 Å². The molecule has 1 aromatic heterocycles. The fourth-order valence-electron chi connectivity index (χ4n) is 2.57. The number of carbonyl (C=O) groups excluding carboxylic acids is 2. The number of nitrogens with one attached hydrogen (secondary N) is 1. The Labute approximate surface area is 145 Å². The minimum atomic E-state index is -1.11. The fourth-order valence-corrected chi connectivity index (χ4v) is 2.57. The van der Waals surface area contributed by atoms with E-state index in [0.29, 0.717) is 16.5 Å². The van der Waals surface area contributed by atoms with Crippen molar-refractivity contribution in [3.8, 4) is 0 Å². The average Bonchev–Trinajstić information content (AvgIpc) is 3.00. The van der Waals surface area contributed by atoms with Gasteiger partial charge in [0.15, 0.2) is 0 Å². The second-order valence-electron chi connectivity index (χ2n) is 5.83. The summed E-state index contributed by atoms with van der Waals surface area (Å²) in [6.07, 6.45) is 2.17. The lowest BCUT2D eigenvalue weighted by atomic mass is 10.1. The Balaban J connectivity index is 2.34. The van der Waals surface area contributed by atoms with Gasteiger partial charge in [0.1, 0.15) is 17.9 Å². The van der Waals surface area contributed by atoms with Gasteiger partial charge in [-0.2, -0.15) is 0 Å². The molecule has 0 aliphatic heterocycles. The molecule has 2 aromatic rings. The number of amides is 2. The summed E-state index contributed by atoms with van der Waals surface area (Å²) < 4.78 is 5.44. The number of aryl methyl sites for hydroxylation is 1. The van der Waals surface area contributed by atoms with Crippen LogP contribution in [0.1, 0.15) is 36.7 Å². The lowest BCUT2D eigenvalue weighted by Crippen LogP contribution is -2.46. The van der Waals surface area contributed by atoms with Crippen molar-refractivity contribution in [2.45, 2.75) is 33.2 Å². The molecule has 0 bridgehead atoms. The van der Waals surface area contributed by atoms with Crippen LogP contribution >= 0.6 is 0 Å². The number of fused-ring (bicyclic) bond motifs is 1. The van der Waals surface area contributed by atoms with Crippen molar-refractivity contribution in [3.63, 3.8) is 0 Å². The topological polar surface area (TPSA) is 99.9 Å². The Hall–Kier alpha value is -2.83. The highest BCUT2D eigenvalue weighted by molar-refractivity contribution is 6.07. The zero-order valence-electron chi connectivity index (χ0n) is 14.5. The number of hydrogen-bond donors (Lipinski definition) is 2. The molecule has 0 aliphatic carbocycles. The van der Waals surface area contributed by atoms with Crippen LogP contribution in [0.2, 0.25) is 0 Å². The van der Waals surface area contributed by atoms with E-state index in [-0.39, 0.29) is 19.0 Å². The van der Waals surface area contributed by atoms with E-state index in [1.54, 1.807) is 6.07 Å². The number of furan rings is 1. The van der Waals surface area contributed by atoms with E-state index >= 15 is 0 Å². The predicted molar refractivity (Wildman–Crippen MR) is 92.4 cm³/mol. The average molecular weight is 346 g/mol. The summed E-state index contributed by atoms with van der Waals surface area (Å²) in [5.41, 5.74) is 1.95. The molecule has 7 nitrogen and oxygen atoms in total. The maximum Gasteiger partial charge on any atom is 0.326 e. The molecule has 1 atom stereocenters. The van der Waals surface area contributed by atoms with Gasteiger partial charge < -0.3 is 19.7 Å². The first kappa shape index (κ1) is 18.5. The van der Waals surface area contributed by atoms with E-state index in [4.69, 9.17) is 4.42 Å². The van der Waals surface area contributed by atoms with Crippen LogP contribution in [-0.4, -0.2) is 46.9 Å². The maximum atomic E-state index is 12.9. The molecule has 0 spiro atoms. The van der Waals surface area contributed by atoms with E-state index in [0.717, 1.165) is 12.0 Å². The lowest BCUT2D eigenvalue weighted by molar-refractivity contribution is -0.141. The SMILES string of the molecule is CCc1ccc2occ(C(=O)N(CCNC(C)=O)C(C)C(=O)O)c2c1. The van der Waals surface area contributed by atoms with Gasteiger partial charge in [0.25, 0.3) is 5.91 Å². The molecular formula is C18H22N2O5. The van der Waals surface area contributed by atoms with E-state index in [9.17, 15) is 19.5 Å². The largest absolute Gasteiger partial charge is 0.480 e. The van der Waals surface area contributed by atoms with E-state index < -0.39 is 17.9 Å². The predicted octanol–water partition coefficient (Wildman–Crippen LogP) is 2.05. The minimum Gasteiger partial charge on any atom is -0.480 e. The first-order valence-electron chi connectivity index (χ1n) is 8.13. The quantitative estimate of drug-likeness (QED) is 0.799. The summed E-state index contributed by atoms with van der Waals surface area (Å²) in [7, 11) is 0. The summed E-state index contributed by atoms with van der Waals surface area (Å²) in [6, 6.07) is 4.58. The molecule has 1 aromatic carbocycles. The van der Waals surface area contributed by atoms with E-state index in [2.05, 4.69) is 5.32 Å². The van der Waals surface area contributed by atoms with Crippen molar-refractivity contribution >= 4 is 28.8 Å². The monoisotopic (exact) mass is 346 g/mol. The van der Waals surface area contributed by atoms with Crippen LogP contribution in [-0.2, 0) is 16.0 Å². The van der Waals surface area contributed by atoms with E-state index in [1.165, 1.54) is 25.0 Å². The Morgan fingerprint density at radius 2 is 2.04 bits per heavy atom. The Bertz CT molecular complexity index is 796. The molecule has 0 aliphatic rings. The van der Waals surface area contributed by atoms with Gasteiger partial charge in [0.2, 0.25) is 5.91 Å². The minimum absolute atomic E-state index is 0.0893. The number of nitrogens with zero attached hydrogens (tertiary/aromatic N) is 1. The molecule has 2 rings (SSSR count). The van der Waals surface area contributed by atoms with Gasteiger partial charge in [0, 0.05) is 25.4 Å². The molecule has 0 saturated heterocycles. The number of hydrogen-bond acceptors (Lipinski definition) is 4. The maximum absolute atomic E-state index is 12.9. The summed E-state index contributed by atoms with van der Waals surface area (Å²) >= 11 is 0. The highest BCUT2D eigenvalue weighted by Gasteiger charge is 2.28. The number of carboxylic acids is 1. The summed E-state index contributed by atoms with van der Waals surface area (Å²) in [6.45, 7) is 5.08. The van der Waals surface area contributed by atoms with Crippen LogP contribution in [0.5, 0.6) is 0 Å². The van der Waals surface area contributed by atoms with Crippen LogP contribution in [0.3, 0.4) is 0 Å². The van der Waals surface area contributed by atoms with Crippen LogP contribution in [0, 0.1) is 0 Å². The highest BCUT2D eigenvalue weighted by Crippen LogP contribution is 2.24. The highest BCUT2D eigenvalue weighted by atomic mass is 16.4. The second-order valence-corrected chi connectivity index (χ2v) is 5.83. The zero-order chi connectivity index (χ0) is 18.6. The normalized spacial score (nSPS) is 12.0. The van der Waals surface area contributed by atoms with Crippen molar-refractivity contribution in [2.24, 2.45) is 0 Å². The Morgan fingerprint density at radius 3 is 2.64 bits per heavy atom. The van der Waals surface area contributed by atoms with Gasteiger partial charge in [0.05, 0.1) is 5.56 Å². The van der Waals surface area contributed by atoms with Crippen molar-refractivity contribution < 1.29 is 23.9 Å². The first-order valence-corrected chi connectivity index (χ1v) is 8.13. The molecule has 0 saturated carbocycles. The van der Waals surface area contributed by atoms with Crippen LogP contribution in [0.15, 0.2) is 28.9 Å². The number of aliphatic carboxylic acids is 1. The van der Waals surface area contributed by atoms with Crippen molar-refractivity contribution in [1.82, 2.24) is 10.2 Å². The smallest absolute Gasteiger partial charge is 0.326 e. The third-order valence-corrected chi connectivity index (χ3v) is 4.09. The molecule has 2 amide bonds. The molecule has 2 N–H and O–H groups in total. The van der Waals surface area contributed by atoms with Gasteiger partial charge in [-0.05, 0) is 31.0 Å². The Morgan fingerprint density at radius 1 is 1.32 bits per heavy atom. The molecule has 0 fully saturated rings. The lowest BCUT2D eigenvalue weighted by Gasteiger charge is -2.26. The molecule has 1 heterocycles. The third-order valence-electron chi connectivity index (χ3n) is 4.09. The molecule has 0 radical (unpaired) electrons. The fraction of sp³-hybridized carbons (Fsp3) is 0.389. The van der Waals surface area contributed by atoms with Crippen molar-refractivity contribution in [3.05, 3.63) is 35.6 Å². The number of benzene rings is 1. The standard InChI is InChI=1S/C18H22N2O5/c1-4-13-5-6-16-14(9-13)15(10-25-16)17(22)20(11(2)18(23)24)8-7-19-12(3)21/h5-6,9-11H,4,7-8H2,1-3H3,(H,19,21)(H,23,24).